The van der Waals surface area contributed by atoms with Gasteiger partial charge >= 0.3 is 6.09 Å². The van der Waals surface area contributed by atoms with Crippen molar-refractivity contribution < 1.29 is 9.53 Å². The Morgan fingerprint density at radius 3 is 2.87 bits per heavy atom. The predicted octanol–water partition coefficient (Wildman–Crippen LogP) is 3.41. The molecule has 1 unspecified atom stereocenters. The van der Waals surface area contributed by atoms with Gasteiger partial charge in [-0.25, -0.2) is 9.78 Å². The number of aromatic nitrogens is 1. The maximum absolute atomic E-state index is 12.4. The number of carbonyl (C=O) groups is 1. The predicted molar refractivity (Wildman–Crippen MR) is 91.4 cm³/mol. The zero-order chi connectivity index (χ0) is 16.5. The van der Waals surface area contributed by atoms with Gasteiger partial charge in [-0.1, -0.05) is 6.42 Å². The fourth-order valence-electron chi connectivity index (χ4n) is 3.65. The molecule has 1 aromatic rings. The SMILES string of the molecule is CC(C)(C)OC(=O)N1CCC(NCc2nccs2)C2(CCC2)C1. The highest BCUT2D eigenvalue weighted by atomic mass is 32.1. The second-order valence-corrected chi connectivity index (χ2v) is 8.74. The van der Waals surface area contributed by atoms with Crippen LogP contribution in [0.25, 0.3) is 0 Å². The normalized spacial score (nSPS) is 23.6. The molecule has 1 spiro atoms. The summed E-state index contributed by atoms with van der Waals surface area (Å²) in [7, 11) is 0. The van der Waals surface area contributed by atoms with Crippen LogP contribution >= 0.6 is 11.3 Å². The number of carbonyl (C=O) groups excluding carboxylic acids is 1. The first kappa shape index (κ1) is 16.7. The summed E-state index contributed by atoms with van der Waals surface area (Å²) >= 11 is 1.69. The minimum Gasteiger partial charge on any atom is -0.444 e. The molecule has 1 amide bonds. The number of nitrogens with zero attached hydrogens (tertiary/aromatic N) is 2. The van der Waals surface area contributed by atoms with Crippen molar-refractivity contribution in [3.63, 3.8) is 0 Å². The number of amides is 1. The number of rotatable bonds is 3. The van der Waals surface area contributed by atoms with Crippen LogP contribution in [0, 0.1) is 5.41 Å². The van der Waals surface area contributed by atoms with Crippen LogP contribution in [0.2, 0.25) is 0 Å². The molecular weight excluding hydrogens is 310 g/mol. The third-order valence-electron chi connectivity index (χ3n) is 4.92. The van der Waals surface area contributed by atoms with Crippen molar-refractivity contribution in [1.29, 1.82) is 0 Å². The first-order valence-corrected chi connectivity index (χ1v) is 9.36. The molecule has 6 heteroatoms. The zero-order valence-corrected chi connectivity index (χ0v) is 15.1. The Hall–Kier alpha value is -1.14. The third kappa shape index (κ3) is 3.86. The molecule has 1 atom stereocenters. The van der Waals surface area contributed by atoms with Crippen LogP contribution in [0.5, 0.6) is 0 Å². The number of hydrogen-bond acceptors (Lipinski definition) is 5. The number of piperidine rings is 1. The van der Waals surface area contributed by atoms with Crippen molar-refractivity contribution in [2.24, 2.45) is 5.41 Å². The molecule has 5 nitrogen and oxygen atoms in total. The second-order valence-electron chi connectivity index (χ2n) is 7.77. The Balaban J connectivity index is 1.59. The Bertz CT molecular complexity index is 535. The number of likely N-dealkylation sites (tertiary alicyclic amines) is 1. The highest BCUT2D eigenvalue weighted by Gasteiger charge is 2.48. The van der Waals surface area contributed by atoms with E-state index >= 15 is 0 Å². The molecule has 128 valence electrons. The molecule has 2 heterocycles. The van der Waals surface area contributed by atoms with E-state index in [4.69, 9.17) is 4.74 Å². The van der Waals surface area contributed by atoms with Gasteiger partial charge in [0.05, 0.1) is 0 Å². The maximum atomic E-state index is 12.4. The Labute approximate surface area is 142 Å². The second kappa shape index (κ2) is 6.40. The number of thiazole rings is 1. The van der Waals surface area contributed by atoms with Crippen LogP contribution in [0.15, 0.2) is 11.6 Å². The van der Waals surface area contributed by atoms with Crippen LogP contribution in [0.3, 0.4) is 0 Å². The summed E-state index contributed by atoms with van der Waals surface area (Å²) < 4.78 is 5.55. The van der Waals surface area contributed by atoms with Crippen molar-refractivity contribution in [2.45, 2.75) is 64.6 Å². The van der Waals surface area contributed by atoms with Crippen molar-refractivity contribution in [3.8, 4) is 0 Å². The van der Waals surface area contributed by atoms with E-state index in [-0.39, 0.29) is 11.5 Å². The fourth-order valence-corrected chi connectivity index (χ4v) is 4.22. The lowest BCUT2D eigenvalue weighted by Crippen LogP contribution is -2.61. The topological polar surface area (TPSA) is 54.5 Å². The Morgan fingerprint density at radius 2 is 2.30 bits per heavy atom. The number of nitrogens with one attached hydrogen (secondary N) is 1. The molecule has 1 saturated carbocycles. The first-order chi connectivity index (χ1) is 10.9. The average molecular weight is 337 g/mol. The van der Waals surface area contributed by atoms with Crippen LogP contribution in [0.4, 0.5) is 4.79 Å². The van der Waals surface area contributed by atoms with Crippen molar-refractivity contribution in [2.75, 3.05) is 13.1 Å². The van der Waals surface area contributed by atoms with E-state index in [1.54, 1.807) is 11.3 Å². The molecule has 1 aliphatic carbocycles. The molecule has 0 aromatic carbocycles. The van der Waals surface area contributed by atoms with E-state index in [9.17, 15) is 4.79 Å². The number of hydrogen-bond donors (Lipinski definition) is 1. The Kier molecular flexibility index (Phi) is 4.65. The molecule has 0 radical (unpaired) electrons. The molecule has 2 aliphatic rings. The minimum atomic E-state index is -0.427. The van der Waals surface area contributed by atoms with Crippen LogP contribution < -0.4 is 5.32 Å². The average Bonchev–Trinajstić information content (AvgIpc) is 2.94. The zero-order valence-electron chi connectivity index (χ0n) is 14.3. The molecule has 0 bridgehead atoms. The summed E-state index contributed by atoms with van der Waals surface area (Å²) in [6.07, 6.45) is 6.33. The van der Waals surface area contributed by atoms with Gasteiger partial charge in [0, 0.05) is 42.7 Å². The van der Waals surface area contributed by atoms with E-state index in [0.717, 1.165) is 31.1 Å². The molecular formula is C17H27N3O2S. The molecule has 3 rings (SSSR count). The summed E-state index contributed by atoms with van der Waals surface area (Å²) in [4.78, 5) is 18.6. The van der Waals surface area contributed by atoms with Gasteiger partial charge in [-0.15, -0.1) is 11.3 Å². The summed E-state index contributed by atoms with van der Waals surface area (Å²) in [5.74, 6) is 0. The smallest absolute Gasteiger partial charge is 0.410 e. The van der Waals surface area contributed by atoms with Gasteiger partial charge < -0.3 is 15.0 Å². The standard InChI is InChI=1S/C17H27N3O2S/c1-16(2,3)22-15(21)20-9-5-13(17(12-20)6-4-7-17)19-11-14-18-8-10-23-14/h8,10,13,19H,4-7,9,11-12H2,1-3H3. The molecule has 23 heavy (non-hydrogen) atoms. The fraction of sp³-hybridized carbons (Fsp3) is 0.765. The molecule has 1 saturated heterocycles. The van der Waals surface area contributed by atoms with E-state index in [1.807, 2.05) is 37.2 Å². The first-order valence-electron chi connectivity index (χ1n) is 8.48. The minimum absolute atomic E-state index is 0.165. The molecule has 1 N–H and O–H groups in total. The summed E-state index contributed by atoms with van der Waals surface area (Å²) in [6, 6.07) is 0.471. The quantitative estimate of drug-likeness (QED) is 0.918. The highest BCUT2D eigenvalue weighted by molar-refractivity contribution is 7.09. The van der Waals surface area contributed by atoms with Crippen LogP contribution in [-0.2, 0) is 11.3 Å². The van der Waals surface area contributed by atoms with Crippen molar-refractivity contribution in [1.82, 2.24) is 15.2 Å². The molecule has 1 aromatic heterocycles. The summed E-state index contributed by atoms with van der Waals surface area (Å²) in [5.41, 5.74) is -0.198. The van der Waals surface area contributed by atoms with E-state index in [2.05, 4.69) is 10.3 Å². The van der Waals surface area contributed by atoms with E-state index in [1.165, 1.54) is 19.3 Å². The van der Waals surface area contributed by atoms with Crippen LogP contribution in [-0.4, -0.2) is 40.7 Å². The largest absolute Gasteiger partial charge is 0.444 e. The van der Waals surface area contributed by atoms with Gasteiger partial charge in [0.25, 0.3) is 0 Å². The van der Waals surface area contributed by atoms with Gasteiger partial charge in [-0.2, -0.15) is 0 Å². The number of ether oxygens (including phenoxy) is 1. The van der Waals surface area contributed by atoms with Crippen molar-refractivity contribution >= 4 is 17.4 Å². The summed E-state index contributed by atoms with van der Waals surface area (Å²) in [6.45, 7) is 8.19. The lowest BCUT2D eigenvalue weighted by molar-refractivity contribution is -0.0329. The van der Waals surface area contributed by atoms with Gasteiger partial charge in [0.15, 0.2) is 0 Å². The third-order valence-corrected chi connectivity index (χ3v) is 5.70. The van der Waals surface area contributed by atoms with Gasteiger partial charge in [-0.3, -0.25) is 0 Å². The molecule has 2 fully saturated rings. The lowest BCUT2D eigenvalue weighted by atomic mass is 9.61. The summed E-state index contributed by atoms with van der Waals surface area (Å²) in [5, 5.41) is 6.84. The van der Waals surface area contributed by atoms with E-state index < -0.39 is 5.60 Å². The van der Waals surface area contributed by atoms with Crippen molar-refractivity contribution in [3.05, 3.63) is 16.6 Å². The Morgan fingerprint density at radius 1 is 1.52 bits per heavy atom. The highest BCUT2D eigenvalue weighted by Crippen LogP contribution is 2.47. The van der Waals surface area contributed by atoms with Gasteiger partial charge in [-0.05, 0) is 40.0 Å². The van der Waals surface area contributed by atoms with E-state index in [0.29, 0.717) is 6.04 Å². The van der Waals surface area contributed by atoms with Crippen LogP contribution in [0.1, 0.15) is 51.5 Å². The maximum Gasteiger partial charge on any atom is 0.410 e. The molecule has 1 aliphatic heterocycles. The van der Waals surface area contributed by atoms with Gasteiger partial charge in [0.1, 0.15) is 10.6 Å². The van der Waals surface area contributed by atoms with Gasteiger partial charge in [0.2, 0.25) is 0 Å². The monoisotopic (exact) mass is 337 g/mol. The lowest BCUT2D eigenvalue weighted by Gasteiger charge is -2.54.